The van der Waals surface area contributed by atoms with E-state index in [0.717, 1.165) is 5.01 Å². The minimum atomic E-state index is -4.96. The molecule has 0 atom stereocenters. The summed E-state index contributed by atoms with van der Waals surface area (Å²) in [5.41, 5.74) is 0.393. The van der Waals surface area contributed by atoms with Gasteiger partial charge >= 0.3 is 6.18 Å². The maximum absolute atomic E-state index is 12.9. The van der Waals surface area contributed by atoms with Crippen molar-refractivity contribution in [1.82, 2.24) is 10.4 Å². The molecule has 0 bridgehead atoms. The van der Waals surface area contributed by atoms with Crippen molar-refractivity contribution in [3.05, 3.63) is 43.9 Å². The quantitative estimate of drug-likeness (QED) is 0.335. The Bertz CT molecular complexity index is 855. The molecule has 2 amide bonds. The number of allylic oxidation sites excluding steroid dienone is 4. The molecule has 0 aromatic carbocycles. The van der Waals surface area contributed by atoms with Crippen molar-refractivity contribution in [3.63, 3.8) is 0 Å². The molecular weight excluding hydrogens is 381 g/mol. The molecule has 0 aromatic heterocycles. The number of carbonyl (C=O) groups excluding carboxylic acids is 4. The Labute approximate surface area is 146 Å². The average molecular weight is 388 g/mol. The van der Waals surface area contributed by atoms with Gasteiger partial charge in [0.25, 0.3) is 11.8 Å². The zero-order valence-corrected chi connectivity index (χ0v) is 13.7. The first-order valence-corrected chi connectivity index (χ1v) is 8.24. The fourth-order valence-electron chi connectivity index (χ4n) is 2.21. The summed E-state index contributed by atoms with van der Waals surface area (Å²) in [5, 5.41) is 0.971. The highest BCUT2D eigenvalue weighted by Gasteiger charge is 2.48. The summed E-state index contributed by atoms with van der Waals surface area (Å²) >= 11 is 1.18. The van der Waals surface area contributed by atoms with Crippen LogP contribution in [0, 0.1) is 0 Å². The number of thioether (sulfide) groups is 2. The number of carbonyl (C=O) groups is 4. The van der Waals surface area contributed by atoms with E-state index in [9.17, 15) is 32.3 Å². The molecule has 11 heteroatoms. The molecule has 0 saturated carbocycles. The molecule has 1 N–H and O–H groups in total. The Kier molecular flexibility index (Phi) is 4.15. The van der Waals surface area contributed by atoms with Crippen LogP contribution in [0.25, 0.3) is 0 Å². The molecule has 0 unspecified atom stereocenters. The van der Waals surface area contributed by atoms with Gasteiger partial charge in [-0.25, -0.2) is 5.01 Å². The predicted molar refractivity (Wildman–Crippen MR) is 83.4 cm³/mol. The summed E-state index contributed by atoms with van der Waals surface area (Å²) in [5.74, 6) is -3.79. The molecule has 25 heavy (non-hydrogen) atoms. The first-order chi connectivity index (χ1) is 11.6. The second-order valence-electron chi connectivity index (χ2n) is 4.92. The number of rotatable bonds is 2. The average Bonchev–Trinajstić information content (AvgIpc) is 3.05. The van der Waals surface area contributed by atoms with Crippen LogP contribution < -0.4 is 5.43 Å². The summed E-state index contributed by atoms with van der Waals surface area (Å²) in [4.78, 5) is 47.5. The molecule has 1 aliphatic carbocycles. The third-order valence-corrected chi connectivity index (χ3v) is 5.90. The van der Waals surface area contributed by atoms with Crippen LogP contribution in [0.15, 0.2) is 43.9 Å². The van der Waals surface area contributed by atoms with E-state index in [1.165, 1.54) is 6.08 Å². The highest BCUT2D eigenvalue weighted by molar-refractivity contribution is 8.29. The first kappa shape index (κ1) is 17.5. The van der Waals surface area contributed by atoms with Gasteiger partial charge in [0.1, 0.15) is 11.1 Å². The number of nitrogens with one attached hydrogen (secondary N) is 1. The molecular formula is C14H7F3N2O4S2. The van der Waals surface area contributed by atoms with Crippen molar-refractivity contribution in [2.45, 2.75) is 6.18 Å². The second kappa shape index (κ2) is 5.92. The molecule has 0 radical (unpaired) electrons. The molecule has 0 aromatic rings. The summed E-state index contributed by atoms with van der Waals surface area (Å²) in [7, 11) is 0. The number of hydrazine groups is 1. The van der Waals surface area contributed by atoms with Crippen molar-refractivity contribution < 1.29 is 32.3 Å². The van der Waals surface area contributed by atoms with Gasteiger partial charge in [0.15, 0.2) is 5.78 Å². The van der Waals surface area contributed by atoms with Crippen LogP contribution in [0.3, 0.4) is 0 Å². The SMILES string of the molecule is C=CCN1NC(=O)/C(=C2/SC3=C(S2)C(=O)C(C(F)(F)F)=CC3=O)C1=O. The van der Waals surface area contributed by atoms with E-state index in [1.807, 2.05) is 0 Å². The molecule has 2 aliphatic heterocycles. The molecule has 2 heterocycles. The van der Waals surface area contributed by atoms with Gasteiger partial charge in [-0.15, -0.1) is 6.58 Å². The molecule has 6 nitrogen and oxygen atoms in total. The van der Waals surface area contributed by atoms with Gasteiger partial charge in [-0.1, -0.05) is 29.6 Å². The van der Waals surface area contributed by atoms with E-state index in [4.69, 9.17) is 0 Å². The minimum Gasteiger partial charge on any atom is -0.289 e. The zero-order valence-electron chi connectivity index (χ0n) is 12.1. The van der Waals surface area contributed by atoms with Crippen LogP contribution in [0.1, 0.15) is 0 Å². The largest absolute Gasteiger partial charge is 0.420 e. The number of halogens is 3. The fraction of sp³-hybridized carbons (Fsp3) is 0.143. The lowest BCUT2D eigenvalue weighted by Gasteiger charge is -2.14. The Morgan fingerprint density at radius 2 is 1.80 bits per heavy atom. The van der Waals surface area contributed by atoms with E-state index in [-0.39, 0.29) is 27.3 Å². The van der Waals surface area contributed by atoms with Crippen LogP contribution in [-0.2, 0) is 19.2 Å². The van der Waals surface area contributed by atoms with Gasteiger partial charge in [0.05, 0.1) is 20.6 Å². The minimum absolute atomic E-state index is 0.00223. The fourth-order valence-corrected chi connectivity index (χ4v) is 4.80. The van der Waals surface area contributed by atoms with Crippen molar-refractivity contribution >= 4 is 46.9 Å². The van der Waals surface area contributed by atoms with Crippen LogP contribution in [0.4, 0.5) is 13.2 Å². The van der Waals surface area contributed by atoms with Crippen molar-refractivity contribution in [2.75, 3.05) is 6.54 Å². The van der Waals surface area contributed by atoms with Crippen LogP contribution >= 0.6 is 23.5 Å². The second-order valence-corrected chi connectivity index (χ2v) is 7.22. The van der Waals surface area contributed by atoms with Gasteiger partial charge < -0.3 is 0 Å². The van der Waals surface area contributed by atoms with E-state index in [0.29, 0.717) is 23.5 Å². The van der Waals surface area contributed by atoms with Crippen molar-refractivity contribution in [1.29, 1.82) is 0 Å². The topological polar surface area (TPSA) is 83.6 Å². The first-order valence-electron chi connectivity index (χ1n) is 6.61. The summed E-state index contributed by atoms with van der Waals surface area (Å²) in [6.45, 7) is 3.46. The standard InChI is InChI=1S/C14H7F3N2O4S2/c1-2-3-19-12(23)7(11(22)18-19)13-24-9-6(20)4-5(14(15,16)17)8(21)10(9)25-13/h2,4H,1,3H2,(H,18,22)/b13-7+. The van der Waals surface area contributed by atoms with Gasteiger partial charge in [-0.05, 0) is 0 Å². The van der Waals surface area contributed by atoms with Gasteiger partial charge in [0.2, 0.25) is 5.78 Å². The van der Waals surface area contributed by atoms with Crippen LogP contribution in [0.5, 0.6) is 0 Å². The molecule has 1 saturated heterocycles. The Morgan fingerprint density at radius 1 is 1.16 bits per heavy atom. The van der Waals surface area contributed by atoms with Crippen molar-refractivity contribution in [3.8, 4) is 0 Å². The van der Waals surface area contributed by atoms with E-state index in [2.05, 4.69) is 12.0 Å². The number of hydrogen-bond donors (Lipinski definition) is 1. The number of ketones is 2. The maximum Gasteiger partial charge on any atom is 0.420 e. The lowest BCUT2D eigenvalue weighted by molar-refractivity contribution is -0.128. The number of hydrogen-bond acceptors (Lipinski definition) is 6. The third kappa shape index (κ3) is 2.82. The smallest absolute Gasteiger partial charge is 0.289 e. The summed E-state index contributed by atoms with van der Waals surface area (Å²) < 4.78 is 38.6. The summed E-state index contributed by atoms with van der Waals surface area (Å²) in [6.07, 6.45) is -3.35. The highest BCUT2D eigenvalue weighted by Crippen LogP contribution is 2.54. The maximum atomic E-state index is 12.9. The van der Waals surface area contributed by atoms with E-state index in [1.54, 1.807) is 0 Å². The number of alkyl halides is 3. The molecule has 3 aliphatic rings. The van der Waals surface area contributed by atoms with Gasteiger partial charge in [-0.2, -0.15) is 13.2 Å². The third-order valence-electron chi connectivity index (χ3n) is 3.29. The zero-order chi connectivity index (χ0) is 18.5. The highest BCUT2D eigenvalue weighted by atomic mass is 32.2. The Hall–Kier alpha value is -2.27. The molecule has 130 valence electrons. The normalized spacial score (nSPS) is 24.0. The Morgan fingerprint density at radius 3 is 2.40 bits per heavy atom. The molecule has 0 spiro atoms. The predicted octanol–water partition coefficient (Wildman–Crippen LogP) is 1.59. The summed E-state index contributed by atoms with van der Waals surface area (Å²) in [6, 6.07) is 0. The number of nitrogens with zero attached hydrogens (tertiary/aromatic N) is 1. The van der Waals surface area contributed by atoms with Crippen LogP contribution in [0.2, 0.25) is 0 Å². The monoisotopic (exact) mass is 388 g/mol. The van der Waals surface area contributed by atoms with E-state index >= 15 is 0 Å². The lowest BCUT2D eigenvalue weighted by Crippen LogP contribution is -2.35. The van der Waals surface area contributed by atoms with Crippen LogP contribution in [-0.4, -0.2) is 41.1 Å². The van der Waals surface area contributed by atoms with Gasteiger partial charge in [-0.3, -0.25) is 24.6 Å². The van der Waals surface area contributed by atoms with E-state index < -0.39 is 40.0 Å². The molecule has 3 rings (SSSR count). The number of amides is 2. The van der Waals surface area contributed by atoms with Crippen molar-refractivity contribution in [2.24, 2.45) is 0 Å². The number of Topliss-reactive ketones (excluding diaryl/α,β-unsaturated/α-hetero) is 1. The molecule has 1 fully saturated rings. The lowest BCUT2D eigenvalue weighted by atomic mass is 10.0. The Balaban J connectivity index is 1.95. The van der Waals surface area contributed by atoms with Gasteiger partial charge in [0, 0.05) is 6.08 Å².